The molecule has 6 atom stereocenters. The molecule has 258 valence electrons. The van der Waals surface area contributed by atoms with Crippen molar-refractivity contribution in [3.05, 3.63) is 48.0 Å². The smallest absolute Gasteiger partial charge is 0.406 e. The number of carbonyl (C=O) groups is 2. The van der Waals surface area contributed by atoms with E-state index in [4.69, 9.17) is 28.0 Å². The Morgan fingerprint density at radius 3 is 2.43 bits per heavy atom. The molecule has 1 aromatic carbocycles. The molecule has 4 rings (SSSR count). The second-order valence-corrected chi connectivity index (χ2v) is 13.5. The van der Waals surface area contributed by atoms with E-state index in [0.29, 0.717) is 16.9 Å². The monoisotopic (exact) mass is 679 g/mol. The Morgan fingerprint density at radius 1 is 1.11 bits per heavy atom. The van der Waals surface area contributed by atoms with Gasteiger partial charge in [0.1, 0.15) is 29.7 Å². The molecule has 0 bridgehead atoms. The lowest BCUT2D eigenvalue weighted by molar-refractivity contribution is -0.150. The summed E-state index contributed by atoms with van der Waals surface area (Å²) in [5, 5.41) is 25.1. The van der Waals surface area contributed by atoms with Gasteiger partial charge in [-0.1, -0.05) is 30.3 Å². The molecule has 3 aromatic rings. The van der Waals surface area contributed by atoms with Crippen LogP contribution in [0.25, 0.3) is 11.2 Å². The number of ether oxygens (including phenoxy) is 4. The molecular weight excluding hydrogens is 637 g/mol. The summed E-state index contributed by atoms with van der Waals surface area (Å²) >= 11 is 0. The van der Waals surface area contributed by atoms with Gasteiger partial charge in [-0.25, -0.2) is 24.4 Å². The number of fused-ring (bicyclic) bond motifs is 1. The zero-order chi connectivity index (χ0) is 34.5. The highest BCUT2D eigenvalue weighted by molar-refractivity contribution is 7.51. The van der Waals surface area contributed by atoms with Crippen molar-refractivity contribution in [1.82, 2.24) is 24.6 Å². The molecule has 1 aliphatic heterocycles. The van der Waals surface area contributed by atoms with Crippen LogP contribution in [0, 0.1) is 6.92 Å². The number of benzene rings is 1. The second-order valence-electron chi connectivity index (χ2n) is 11.8. The Kier molecular flexibility index (Phi) is 11.7. The number of carbonyl (C=O) groups excluding carboxylic acids is 2. The highest BCUT2D eigenvalue weighted by Crippen LogP contribution is 2.47. The summed E-state index contributed by atoms with van der Waals surface area (Å²) in [4.78, 5) is 38.4. The Bertz CT molecular complexity index is 1580. The first kappa shape index (κ1) is 36.3. The highest BCUT2D eigenvalue weighted by atomic mass is 31.2. The van der Waals surface area contributed by atoms with E-state index in [1.165, 1.54) is 24.9 Å². The third kappa shape index (κ3) is 8.90. The predicted octanol–water partition coefficient (Wildman–Crippen LogP) is 2.40. The SMILES string of the molecule is COc1nc(C)nc2c1ncn2[C@@H]1O[C@H](COP(=O)(N[C@@H](Cc2ccccc2)C(=O)OC(C)C)OCC(=O)OC(C)C)C(O)[C@]1(C)O. The summed E-state index contributed by atoms with van der Waals surface area (Å²) in [5.74, 6) is -0.975. The lowest BCUT2D eigenvalue weighted by Gasteiger charge is -2.27. The molecule has 1 fully saturated rings. The van der Waals surface area contributed by atoms with Crippen molar-refractivity contribution in [2.24, 2.45) is 0 Å². The fourth-order valence-corrected chi connectivity index (χ4v) is 6.36. The van der Waals surface area contributed by atoms with Crippen molar-refractivity contribution in [3.63, 3.8) is 0 Å². The summed E-state index contributed by atoms with van der Waals surface area (Å²) in [6.45, 7) is 8.24. The first-order chi connectivity index (χ1) is 22.1. The standard InChI is InChI=1S/C30H42N5O11P/c1-17(2)44-23(36)15-43-47(40,34-21(28(38)45-18(3)4)13-20-11-9-8-10-12-20)42-14-22-25(37)30(6,39)29(46-22)35-16-31-24-26(35)32-19(5)33-27(24)41-7/h8-12,16-18,21-22,25,29,37,39H,13-15H2,1-7H3,(H,34,40)/t21-,22+,25?,29+,30-,47?/m0/s1. The molecule has 0 radical (unpaired) electrons. The van der Waals surface area contributed by atoms with Crippen molar-refractivity contribution in [2.75, 3.05) is 20.3 Å². The minimum atomic E-state index is -4.54. The van der Waals surface area contributed by atoms with Gasteiger partial charge >= 0.3 is 19.7 Å². The van der Waals surface area contributed by atoms with Crippen LogP contribution in [0.2, 0.25) is 0 Å². The number of nitrogens with zero attached hydrogens (tertiary/aromatic N) is 4. The molecule has 3 N–H and O–H groups in total. The van der Waals surface area contributed by atoms with E-state index in [0.717, 1.165) is 0 Å². The van der Waals surface area contributed by atoms with Crippen LogP contribution in [0.15, 0.2) is 36.7 Å². The maximum absolute atomic E-state index is 14.2. The number of hydrogen-bond acceptors (Lipinski definition) is 14. The molecule has 17 heteroatoms. The van der Waals surface area contributed by atoms with E-state index in [1.54, 1.807) is 58.9 Å². The minimum Gasteiger partial charge on any atom is -0.479 e. The number of rotatable bonds is 15. The lowest BCUT2D eigenvalue weighted by Crippen LogP contribution is -2.44. The lowest BCUT2D eigenvalue weighted by atomic mass is 9.96. The van der Waals surface area contributed by atoms with E-state index in [2.05, 4.69) is 20.0 Å². The first-order valence-corrected chi connectivity index (χ1v) is 16.6. The number of aromatic nitrogens is 4. The van der Waals surface area contributed by atoms with Gasteiger partial charge < -0.3 is 29.2 Å². The Hall–Kier alpha value is -3.50. The van der Waals surface area contributed by atoms with Crippen molar-refractivity contribution < 1.29 is 52.4 Å². The van der Waals surface area contributed by atoms with Gasteiger partial charge in [-0.15, -0.1) is 0 Å². The number of aryl methyl sites for hydroxylation is 1. The van der Waals surface area contributed by atoms with Crippen LogP contribution < -0.4 is 9.82 Å². The van der Waals surface area contributed by atoms with E-state index >= 15 is 0 Å². The van der Waals surface area contributed by atoms with Gasteiger partial charge in [-0.3, -0.25) is 18.4 Å². The summed E-state index contributed by atoms with van der Waals surface area (Å²) < 4.78 is 48.6. The number of nitrogens with one attached hydrogen (secondary N) is 1. The maximum Gasteiger partial charge on any atom is 0.406 e. The third-order valence-corrected chi connectivity index (χ3v) is 8.65. The number of methoxy groups -OCH3 is 1. The van der Waals surface area contributed by atoms with Crippen LogP contribution in [-0.2, 0) is 43.8 Å². The summed E-state index contributed by atoms with van der Waals surface area (Å²) in [6, 6.07) is 7.69. The predicted molar refractivity (Wildman–Crippen MR) is 166 cm³/mol. The van der Waals surface area contributed by atoms with Crippen LogP contribution in [0.3, 0.4) is 0 Å². The molecule has 1 saturated heterocycles. The zero-order valence-corrected chi connectivity index (χ0v) is 28.2. The average molecular weight is 680 g/mol. The number of hydrogen-bond donors (Lipinski definition) is 3. The van der Waals surface area contributed by atoms with Crippen molar-refractivity contribution >= 4 is 30.8 Å². The molecule has 47 heavy (non-hydrogen) atoms. The van der Waals surface area contributed by atoms with Gasteiger partial charge in [0.05, 0.1) is 32.3 Å². The Morgan fingerprint density at radius 2 is 1.79 bits per heavy atom. The fourth-order valence-electron chi connectivity index (χ4n) is 4.94. The Labute approximate surface area is 272 Å². The number of esters is 2. The van der Waals surface area contributed by atoms with Crippen LogP contribution >= 0.6 is 7.75 Å². The maximum atomic E-state index is 14.2. The normalized spacial score (nSPS) is 23.2. The van der Waals surface area contributed by atoms with Crippen molar-refractivity contribution in [3.8, 4) is 5.88 Å². The molecule has 16 nitrogen and oxygen atoms in total. The zero-order valence-electron chi connectivity index (χ0n) is 27.4. The molecule has 1 aliphatic rings. The number of aliphatic hydroxyl groups is 2. The van der Waals surface area contributed by atoms with Crippen LogP contribution in [0.5, 0.6) is 5.88 Å². The van der Waals surface area contributed by atoms with Gasteiger partial charge in [-0.2, -0.15) is 4.98 Å². The van der Waals surface area contributed by atoms with Crippen LogP contribution in [0.1, 0.15) is 52.2 Å². The molecule has 0 aliphatic carbocycles. The van der Waals surface area contributed by atoms with Gasteiger partial charge in [0, 0.05) is 0 Å². The van der Waals surface area contributed by atoms with E-state index in [9.17, 15) is 24.4 Å². The molecule has 2 aromatic heterocycles. The van der Waals surface area contributed by atoms with Gasteiger partial charge in [0.15, 0.2) is 24.0 Å². The largest absolute Gasteiger partial charge is 0.479 e. The Balaban J connectivity index is 1.59. The fraction of sp³-hybridized carbons (Fsp3) is 0.567. The number of aliphatic hydroxyl groups excluding tert-OH is 1. The second kappa shape index (κ2) is 15.2. The molecule has 3 heterocycles. The van der Waals surface area contributed by atoms with E-state index in [-0.39, 0.29) is 17.9 Å². The highest BCUT2D eigenvalue weighted by Gasteiger charge is 2.54. The van der Waals surface area contributed by atoms with Crippen LogP contribution in [-0.4, -0.2) is 98.1 Å². The van der Waals surface area contributed by atoms with Gasteiger partial charge in [0.25, 0.3) is 0 Å². The summed E-state index contributed by atoms with van der Waals surface area (Å²) in [7, 11) is -3.11. The van der Waals surface area contributed by atoms with Crippen molar-refractivity contribution in [1.29, 1.82) is 0 Å². The summed E-state index contributed by atoms with van der Waals surface area (Å²) in [5.41, 5.74) is -0.614. The van der Waals surface area contributed by atoms with E-state index < -0.39 is 75.2 Å². The summed E-state index contributed by atoms with van der Waals surface area (Å²) in [6.07, 6.45) is -3.62. The average Bonchev–Trinajstić information content (AvgIpc) is 3.51. The molecule has 0 saturated carbocycles. The van der Waals surface area contributed by atoms with Gasteiger partial charge in [-0.05, 0) is 53.5 Å². The van der Waals surface area contributed by atoms with Gasteiger partial charge in [0.2, 0.25) is 5.88 Å². The molecule has 2 unspecified atom stereocenters. The topological polar surface area (TPSA) is 203 Å². The quantitative estimate of drug-likeness (QED) is 0.156. The molecular formula is C30H42N5O11P. The molecule has 0 spiro atoms. The molecule has 0 amide bonds. The van der Waals surface area contributed by atoms with Crippen LogP contribution in [0.4, 0.5) is 0 Å². The van der Waals surface area contributed by atoms with E-state index in [1.807, 2.05) is 6.07 Å². The minimum absolute atomic E-state index is 0.0390. The van der Waals surface area contributed by atoms with Crippen molar-refractivity contribution in [2.45, 2.75) is 90.2 Å². The number of imidazole rings is 1. The first-order valence-electron chi connectivity index (χ1n) is 15.1. The third-order valence-electron chi connectivity index (χ3n) is 7.06.